The van der Waals surface area contributed by atoms with Crippen LogP contribution in [0.4, 0.5) is 0 Å². The van der Waals surface area contributed by atoms with Crippen LogP contribution in [0.1, 0.15) is 49.3 Å². The molecule has 3 fully saturated rings. The number of fused-ring (bicyclic) bond motifs is 1. The van der Waals surface area contributed by atoms with Crippen molar-refractivity contribution < 1.29 is 24.3 Å². The van der Waals surface area contributed by atoms with Gasteiger partial charge in [-0.2, -0.15) is 5.06 Å². The molecule has 2 amide bonds. The minimum Gasteiger partial charge on any atom is -0.508 e. The van der Waals surface area contributed by atoms with E-state index in [0.717, 1.165) is 43.2 Å². The molecule has 1 saturated carbocycles. The van der Waals surface area contributed by atoms with Crippen molar-refractivity contribution in [3.05, 3.63) is 59.7 Å². The van der Waals surface area contributed by atoms with Gasteiger partial charge in [-0.3, -0.25) is 19.3 Å². The summed E-state index contributed by atoms with van der Waals surface area (Å²) in [4.78, 5) is 34.7. The monoisotopic (exact) mass is 436 g/mol. The molecule has 2 saturated heterocycles. The molecule has 3 unspecified atom stereocenters. The van der Waals surface area contributed by atoms with Gasteiger partial charge in [0.15, 0.2) is 6.10 Å². The third-order valence-electron chi connectivity index (χ3n) is 6.89. The van der Waals surface area contributed by atoms with Gasteiger partial charge >= 0.3 is 0 Å². The SMILES string of the molecule is COc1cc(O)ccc1C1C2C(=O)N(C3CCCCC3)C(=O)C2ON1Cc1ccccc1. The van der Waals surface area contributed by atoms with Crippen LogP contribution in [0.25, 0.3) is 0 Å². The largest absolute Gasteiger partial charge is 0.508 e. The first-order chi connectivity index (χ1) is 15.6. The van der Waals surface area contributed by atoms with Gasteiger partial charge in [-0.15, -0.1) is 0 Å². The normalized spacial score (nSPS) is 26.5. The van der Waals surface area contributed by atoms with Gasteiger partial charge in [0.25, 0.3) is 5.91 Å². The number of benzene rings is 2. The molecule has 7 nitrogen and oxygen atoms in total. The van der Waals surface area contributed by atoms with E-state index in [9.17, 15) is 14.7 Å². The number of nitrogens with zero attached hydrogens (tertiary/aromatic N) is 2. The maximum absolute atomic E-state index is 13.7. The molecule has 2 heterocycles. The first kappa shape index (κ1) is 21.0. The Balaban J connectivity index is 1.53. The zero-order valence-corrected chi connectivity index (χ0v) is 18.1. The summed E-state index contributed by atoms with van der Waals surface area (Å²) in [5.41, 5.74) is 1.74. The summed E-state index contributed by atoms with van der Waals surface area (Å²) < 4.78 is 5.54. The lowest BCUT2D eigenvalue weighted by Gasteiger charge is -2.32. The number of carbonyl (C=O) groups is 2. The van der Waals surface area contributed by atoms with Gasteiger partial charge in [0.2, 0.25) is 5.91 Å². The van der Waals surface area contributed by atoms with Gasteiger partial charge < -0.3 is 9.84 Å². The summed E-state index contributed by atoms with van der Waals surface area (Å²) in [6.07, 6.45) is 4.10. The number of rotatable bonds is 5. The van der Waals surface area contributed by atoms with Crippen LogP contribution in [0, 0.1) is 5.92 Å². The van der Waals surface area contributed by atoms with Crippen molar-refractivity contribution in [1.82, 2.24) is 9.96 Å². The second-order valence-corrected chi connectivity index (χ2v) is 8.82. The fourth-order valence-corrected chi connectivity index (χ4v) is 5.38. The van der Waals surface area contributed by atoms with Crippen LogP contribution < -0.4 is 4.74 Å². The van der Waals surface area contributed by atoms with Crippen LogP contribution in [-0.2, 0) is 21.0 Å². The van der Waals surface area contributed by atoms with E-state index in [0.29, 0.717) is 12.3 Å². The molecular formula is C25H28N2O5. The summed E-state index contributed by atoms with van der Waals surface area (Å²) in [7, 11) is 1.53. The second kappa shape index (κ2) is 8.56. The van der Waals surface area contributed by atoms with Gasteiger partial charge in [0.1, 0.15) is 11.5 Å². The van der Waals surface area contributed by atoms with Gasteiger partial charge in [-0.25, -0.2) is 0 Å². The van der Waals surface area contributed by atoms with Crippen molar-refractivity contribution in [2.24, 2.45) is 5.92 Å². The van der Waals surface area contributed by atoms with E-state index in [1.54, 1.807) is 17.2 Å². The van der Waals surface area contributed by atoms with E-state index >= 15 is 0 Å². The number of aromatic hydroxyl groups is 1. The number of hydrogen-bond acceptors (Lipinski definition) is 6. The Morgan fingerprint density at radius 2 is 1.78 bits per heavy atom. The molecule has 0 aromatic heterocycles. The summed E-state index contributed by atoms with van der Waals surface area (Å²) in [6.45, 7) is 0.423. The van der Waals surface area contributed by atoms with Crippen LogP contribution in [0.15, 0.2) is 48.5 Å². The minimum atomic E-state index is -0.836. The number of ether oxygens (including phenoxy) is 1. The summed E-state index contributed by atoms with van der Waals surface area (Å²) in [5.74, 6) is -0.499. The topological polar surface area (TPSA) is 79.3 Å². The Kier molecular flexibility index (Phi) is 5.61. The number of amides is 2. The van der Waals surface area contributed by atoms with Gasteiger partial charge in [0, 0.05) is 24.2 Å². The molecule has 168 valence electrons. The first-order valence-electron chi connectivity index (χ1n) is 11.3. The second-order valence-electron chi connectivity index (χ2n) is 8.82. The highest BCUT2D eigenvalue weighted by Gasteiger charge is 2.61. The quantitative estimate of drug-likeness (QED) is 0.722. The van der Waals surface area contributed by atoms with Crippen molar-refractivity contribution in [2.45, 2.75) is 56.8 Å². The summed E-state index contributed by atoms with van der Waals surface area (Å²) >= 11 is 0. The van der Waals surface area contributed by atoms with Crippen molar-refractivity contribution >= 4 is 11.8 Å². The maximum Gasteiger partial charge on any atom is 0.261 e. The lowest BCUT2D eigenvalue weighted by atomic mass is 9.89. The van der Waals surface area contributed by atoms with E-state index in [2.05, 4.69) is 0 Å². The summed E-state index contributed by atoms with van der Waals surface area (Å²) in [6, 6.07) is 14.1. The fraction of sp³-hybridized carbons (Fsp3) is 0.440. The number of methoxy groups -OCH3 is 1. The highest BCUT2D eigenvalue weighted by Crippen LogP contribution is 2.49. The van der Waals surface area contributed by atoms with Crippen molar-refractivity contribution in [3.8, 4) is 11.5 Å². The Bertz CT molecular complexity index is 1000. The van der Waals surface area contributed by atoms with Gasteiger partial charge in [-0.05, 0) is 30.5 Å². The Morgan fingerprint density at radius 1 is 1.03 bits per heavy atom. The number of phenolic OH excluding ortho intramolecular Hbond substituents is 1. The molecule has 2 aromatic rings. The molecule has 1 aliphatic carbocycles. The molecule has 3 atom stereocenters. The number of phenols is 1. The number of imide groups is 1. The molecule has 2 aromatic carbocycles. The lowest BCUT2D eigenvalue weighted by Crippen LogP contribution is -2.44. The Labute approximate surface area is 187 Å². The van der Waals surface area contributed by atoms with Crippen LogP contribution in [0.2, 0.25) is 0 Å². The van der Waals surface area contributed by atoms with E-state index < -0.39 is 18.1 Å². The van der Waals surface area contributed by atoms with Gasteiger partial charge in [0.05, 0.1) is 19.1 Å². The summed E-state index contributed by atoms with van der Waals surface area (Å²) in [5, 5.41) is 11.7. The van der Waals surface area contributed by atoms with E-state index in [1.807, 2.05) is 30.3 Å². The van der Waals surface area contributed by atoms with Crippen molar-refractivity contribution in [3.63, 3.8) is 0 Å². The smallest absolute Gasteiger partial charge is 0.261 e. The molecule has 5 rings (SSSR count). The molecule has 2 aliphatic heterocycles. The molecular weight excluding hydrogens is 408 g/mol. The first-order valence-corrected chi connectivity index (χ1v) is 11.3. The predicted octanol–water partition coefficient (Wildman–Crippen LogP) is 3.58. The molecule has 1 N–H and O–H groups in total. The molecule has 32 heavy (non-hydrogen) atoms. The number of carbonyl (C=O) groups excluding carboxylic acids is 2. The molecule has 0 bridgehead atoms. The van der Waals surface area contributed by atoms with Crippen LogP contribution in [-0.4, -0.2) is 46.1 Å². The number of hydrogen-bond donors (Lipinski definition) is 1. The van der Waals surface area contributed by atoms with Crippen molar-refractivity contribution in [2.75, 3.05) is 7.11 Å². The Hall–Kier alpha value is -2.90. The van der Waals surface area contributed by atoms with E-state index in [-0.39, 0.29) is 23.6 Å². The highest BCUT2D eigenvalue weighted by molar-refractivity contribution is 6.07. The van der Waals surface area contributed by atoms with Crippen LogP contribution in [0.5, 0.6) is 11.5 Å². The number of hydroxylamine groups is 2. The molecule has 7 heteroatoms. The highest BCUT2D eigenvalue weighted by atomic mass is 16.7. The minimum absolute atomic E-state index is 0.0390. The predicted molar refractivity (Wildman–Crippen MR) is 116 cm³/mol. The maximum atomic E-state index is 13.7. The van der Waals surface area contributed by atoms with Crippen molar-refractivity contribution in [1.29, 1.82) is 0 Å². The third-order valence-corrected chi connectivity index (χ3v) is 6.89. The lowest BCUT2D eigenvalue weighted by molar-refractivity contribution is -0.185. The fourth-order valence-electron chi connectivity index (χ4n) is 5.38. The standard InChI is InChI=1S/C25H28N2O5/c1-31-20-14-18(28)12-13-19(20)22-21-23(32-26(22)15-16-8-4-2-5-9-16)25(30)27(24(21)29)17-10-6-3-7-11-17/h2,4-5,8-9,12-14,17,21-23,28H,3,6-7,10-11,15H2,1H3. The van der Waals surface area contributed by atoms with Crippen LogP contribution in [0.3, 0.4) is 0 Å². The van der Waals surface area contributed by atoms with E-state index in [4.69, 9.17) is 9.57 Å². The molecule has 3 aliphatic rings. The van der Waals surface area contributed by atoms with Gasteiger partial charge in [-0.1, -0.05) is 49.6 Å². The van der Waals surface area contributed by atoms with E-state index in [1.165, 1.54) is 18.1 Å². The average Bonchev–Trinajstić information content (AvgIpc) is 3.29. The van der Waals surface area contributed by atoms with Crippen LogP contribution >= 0.6 is 0 Å². The molecule has 0 radical (unpaired) electrons. The average molecular weight is 437 g/mol. The molecule has 0 spiro atoms. The Morgan fingerprint density at radius 3 is 2.50 bits per heavy atom. The zero-order chi connectivity index (χ0) is 22.2. The third kappa shape index (κ3) is 3.55. The number of likely N-dealkylation sites (tertiary alicyclic amines) is 1. The zero-order valence-electron chi connectivity index (χ0n) is 18.1.